The van der Waals surface area contributed by atoms with Crippen molar-refractivity contribution in [3.8, 4) is 5.75 Å². The van der Waals surface area contributed by atoms with Crippen LogP contribution in [0.3, 0.4) is 0 Å². The number of ether oxygens (including phenoxy) is 1. The average molecular weight is 345 g/mol. The molecular formula is C21H31NO3. The lowest BCUT2D eigenvalue weighted by atomic mass is 10.00. The Bertz CT molecular complexity index is 622. The summed E-state index contributed by atoms with van der Waals surface area (Å²) in [6, 6.07) is 5.46. The highest BCUT2D eigenvalue weighted by molar-refractivity contribution is 6.04. The number of hydrogen-bond acceptors (Lipinski definition) is 3. The minimum atomic E-state index is -0.870. The summed E-state index contributed by atoms with van der Waals surface area (Å²) in [6.45, 7) is 8.47. The van der Waals surface area contributed by atoms with Crippen LogP contribution < -0.4 is 9.64 Å². The van der Waals surface area contributed by atoms with Gasteiger partial charge in [-0.2, -0.15) is 0 Å². The van der Waals surface area contributed by atoms with E-state index in [4.69, 9.17) is 4.74 Å². The molecule has 0 fully saturated rings. The number of rotatable bonds is 9. The van der Waals surface area contributed by atoms with Gasteiger partial charge in [-0.25, -0.2) is 0 Å². The van der Waals surface area contributed by atoms with Crippen molar-refractivity contribution in [3.63, 3.8) is 0 Å². The summed E-state index contributed by atoms with van der Waals surface area (Å²) in [7, 11) is 0. The van der Waals surface area contributed by atoms with Gasteiger partial charge >= 0.3 is 0 Å². The number of fused-ring (bicyclic) bond motifs is 1. The molecule has 0 spiro atoms. The molecular weight excluding hydrogens is 314 g/mol. The lowest BCUT2D eigenvalue weighted by molar-refractivity contribution is -0.132. The Labute approximate surface area is 151 Å². The lowest BCUT2D eigenvalue weighted by Crippen LogP contribution is -2.52. The van der Waals surface area contributed by atoms with Crippen molar-refractivity contribution < 1.29 is 14.3 Å². The molecule has 1 aromatic rings. The van der Waals surface area contributed by atoms with Gasteiger partial charge in [-0.1, -0.05) is 39.5 Å². The Kier molecular flexibility index (Phi) is 6.63. The molecule has 0 bridgehead atoms. The van der Waals surface area contributed by atoms with Gasteiger partial charge in [-0.15, -0.1) is 0 Å². The van der Waals surface area contributed by atoms with Gasteiger partial charge in [-0.3, -0.25) is 9.59 Å². The van der Waals surface area contributed by atoms with E-state index in [1.807, 2.05) is 30.0 Å². The molecule has 0 N–H and O–H groups in total. The van der Waals surface area contributed by atoms with Crippen LogP contribution in [0.4, 0.5) is 5.69 Å². The van der Waals surface area contributed by atoms with Crippen molar-refractivity contribution in [2.75, 3.05) is 11.4 Å². The monoisotopic (exact) mass is 345 g/mol. The van der Waals surface area contributed by atoms with E-state index in [0.717, 1.165) is 24.9 Å². The standard InChI is InChI=1S/C21H31NO3/c1-5-7-8-9-10-14-22-17-15-16(18(23)11-6-2)12-13-19(17)25-21(3,4)20(22)24/h12-13,15H,5-11,14H2,1-4H3. The van der Waals surface area contributed by atoms with Crippen LogP contribution in [-0.4, -0.2) is 23.8 Å². The summed E-state index contributed by atoms with van der Waals surface area (Å²) in [5, 5.41) is 0. The van der Waals surface area contributed by atoms with Crippen LogP contribution in [0.25, 0.3) is 0 Å². The van der Waals surface area contributed by atoms with Crippen LogP contribution in [0.2, 0.25) is 0 Å². The zero-order valence-corrected chi connectivity index (χ0v) is 16.1. The van der Waals surface area contributed by atoms with E-state index >= 15 is 0 Å². The van der Waals surface area contributed by atoms with Gasteiger partial charge in [0.2, 0.25) is 0 Å². The number of ketones is 1. The highest BCUT2D eigenvalue weighted by Gasteiger charge is 2.40. The van der Waals surface area contributed by atoms with Crippen LogP contribution in [-0.2, 0) is 4.79 Å². The molecule has 0 saturated heterocycles. The summed E-state index contributed by atoms with van der Waals surface area (Å²) in [6.07, 6.45) is 7.05. The van der Waals surface area contributed by atoms with E-state index in [0.29, 0.717) is 24.3 Å². The topological polar surface area (TPSA) is 46.6 Å². The molecule has 4 nitrogen and oxygen atoms in total. The van der Waals surface area contributed by atoms with Gasteiger partial charge in [0.05, 0.1) is 5.69 Å². The highest BCUT2D eigenvalue weighted by Crippen LogP contribution is 2.38. The average Bonchev–Trinajstić information content (AvgIpc) is 2.57. The van der Waals surface area contributed by atoms with Gasteiger partial charge in [-0.05, 0) is 44.9 Å². The third-order valence-corrected chi connectivity index (χ3v) is 4.66. The van der Waals surface area contributed by atoms with E-state index in [9.17, 15) is 9.59 Å². The second-order valence-corrected chi connectivity index (χ2v) is 7.34. The minimum Gasteiger partial charge on any atom is -0.476 e. The third-order valence-electron chi connectivity index (χ3n) is 4.66. The van der Waals surface area contributed by atoms with Crippen molar-refractivity contribution in [3.05, 3.63) is 23.8 Å². The fourth-order valence-electron chi connectivity index (χ4n) is 3.21. The smallest absolute Gasteiger partial charge is 0.270 e. The van der Waals surface area contributed by atoms with Gasteiger partial charge in [0.1, 0.15) is 5.75 Å². The molecule has 1 amide bonds. The molecule has 0 aliphatic carbocycles. The lowest BCUT2D eigenvalue weighted by Gasteiger charge is -2.39. The highest BCUT2D eigenvalue weighted by atomic mass is 16.5. The van der Waals surface area contributed by atoms with Crippen LogP contribution in [0.15, 0.2) is 18.2 Å². The Morgan fingerprint density at radius 2 is 1.80 bits per heavy atom. The predicted octanol–water partition coefficient (Wildman–Crippen LogP) is 5.14. The summed E-state index contributed by atoms with van der Waals surface area (Å²) < 4.78 is 5.90. The quantitative estimate of drug-likeness (QED) is 0.459. The number of carbonyl (C=O) groups is 2. The molecule has 0 aromatic heterocycles. The van der Waals surface area contributed by atoms with Crippen LogP contribution in [0.5, 0.6) is 5.75 Å². The largest absolute Gasteiger partial charge is 0.476 e. The van der Waals surface area contributed by atoms with Crippen molar-refractivity contribution in [1.29, 1.82) is 0 Å². The first kappa shape index (κ1) is 19.5. The molecule has 138 valence electrons. The molecule has 1 aliphatic heterocycles. The third kappa shape index (κ3) is 4.62. The Hall–Kier alpha value is -1.84. The van der Waals surface area contributed by atoms with E-state index in [2.05, 4.69) is 6.92 Å². The molecule has 25 heavy (non-hydrogen) atoms. The van der Waals surface area contributed by atoms with Crippen LogP contribution in [0, 0.1) is 0 Å². The van der Waals surface area contributed by atoms with Gasteiger partial charge in [0.25, 0.3) is 5.91 Å². The predicted molar refractivity (Wildman–Crippen MR) is 101 cm³/mol. The van der Waals surface area contributed by atoms with E-state index < -0.39 is 5.60 Å². The van der Waals surface area contributed by atoms with Crippen molar-refractivity contribution >= 4 is 17.4 Å². The van der Waals surface area contributed by atoms with Crippen molar-refractivity contribution in [2.24, 2.45) is 0 Å². The Balaban J connectivity index is 2.23. The molecule has 1 aliphatic rings. The van der Waals surface area contributed by atoms with Gasteiger partial charge < -0.3 is 9.64 Å². The number of carbonyl (C=O) groups excluding carboxylic acids is 2. The number of anilines is 1. The maximum absolute atomic E-state index is 12.9. The molecule has 4 heteroatoms. The number of nitrogens with zero attached hydrogens (tertiary/aromatic N) is 1. The molecule has 1 aromatic carbocycles. The molecule has 0 unspecified atom stereocenters. The van der Waals surface area contributed by atoms with Gasteiger partial charge in [0.15, 0.2) is 11.4 Å². The first-order chi connectivity index (χ1) is 11.9. The fourth-order valence-corrected chi connectivity index (χ4v) is 3.21. The second-order valence-electron chi connectivity index (χ2n) is 7.34. The summed E-state index contributed by atoms with van der Waals surface area (Å²) in [5.41, 5.74) is 0.528. The number of Topliss-reactive ketones (excluding diaryl/α,β-unsaturated/α-hetero) is 1. The summed E-state index contributed by atoms with van der Waals surface area (Å²) >= 11 is 0. The Morgan fingerprint density at radius 3 is 2.48 bits per heavy atom. The first-order valence-electron chi connectivity index (χ1n) is 9.59. The SMILES string of the molecule is CCCCCCCN1C(=O)C(C)(C)Oc2ccc(C(=O)CCC)cc21. The zero-order valence-electron chi connectivity index (χ0n) is 16.1. The minimum absolute atomic E-state index is 0.0319. The number of benzene rings is 1. The fraction of sp³-hybridized carbons (Fsp3) is 0.619. The second kappa shape index (κ2) is 8.50. The van der Waals surface area contributed by atoms with Crippen molar-refractivity contribution in [1.82, 2.24) is 0 Å². The van der Waals surface area contributed by atoms with E-state index in [1.165, 1.54) is 19.3 Å². The number of unbranched alkanes of at least 4 members (excludes halogenated alkanes) is 4. The number of amides is 1. The normalized spacial score (nSPS) is 15.7. The van der Waals surface area contributed by atoms with E-state index in [1.54, 1.807) is 13.8 Å². The van der Waals surface area contributed by atoms with Crippen LogP contribution in [0.1, 0.15) is 83.0 Å². The molecule has 0 atom stereocenters. The van der Waals surface area contributed by atoms with Crippen molar-refractivity contribution in [2.45, 2.75) is 78.2 Å². The Morgan fingerprint density at radius 1 is 1.08 bits per heavy atom. The maximum Gasteiger partial charge on any atom is 0.270 e. The molecule has 0 saturated carbocycles. The van der Waals surface area contributed by atoms with E-state index in [-0.39, 0.29) is 11.7 Å². The van der Waals surface area contributed by atoms with Crippen LogP contribution >= 0.6 is 0 Å². The van der Waals surface area contributed by atoms with Gasteiger partial charge in [0, 0.05) is 18.5 Å². The number of hydrogen-bond donors (Lipinski definition) is 0. The molecule has 1 heterocycles. The summed E-state index contributed by atoms with van der Waals surface area (Å²) in [5.74, 6) is 0.771. The molecule has 0 radical (unpaired) electrons. The maximum atomic E-state index is 12.9. The first-order valence-corrected chi connectivity index (χ1v) is 9.59. The molecule has 2 rings (SSSR count). The zero-order chi connectivity index (χ0) is 18.4. The summed E-state index contributed by atoms with van der Waals surface area (Å²) in [4.78, 5) is 26.9.